The highest BCUT2D eigenvalue weighted by Crippen LogP contribution is 2.20. The third-order valence-electron chi connectivity index (χ3n) is 5.06. The lowest BCUT2D eigenvalue weighted by Crippen LogP contribution is -2.50. The summed E-state index contributed by atoms with van der Waals surface area (Å²) in [4.78, 5) is 27.0. The van der Waals surface area contributed by atoms with Gasteiger partial charge in [-0.15, -0.1) is 0 Å². The van der Waals surface area contributed by atoms with Gasteiger partial charge < -0.3 is 10.2 Å². The molecule has 1 aromatic rings. The van der Waals surface area contributed by atoms with E-state index < -0.39 is 0 Å². The molecule has 1 heterocycles. The quantitative estimate of drug-likeness (QED) is 0.385. The molecule has 150 valence electrons. The molecule has 1 fully saturated rings. The zero-order valence-corrected chi connectivity index (χ0v) is 16.5. The summed E-state index contributed by atoms with van der Waals surface area (Å²) >= 11 is 0. The second-order valence-corrected chi connectivity index (χ2v) is 7.35. The lowest BCUT2D eigenvalue weighted by atomic mass is 10.1. The van der Waals surface area contributed by atoms with E-state index >= 15 is 0 Å². The Morgan fingerprint density at radius 3 is 2.41 bits per heavy atom. The topological polar surface area (TPSA) is 78.7 Å². The molecule has 0 saturated carbocycles. The van der Waals surface area contributed by atoms with E-state index in [1.54, 1.807) is 12.1 Å². The number of piperazine rings is 1. The van der Waals surface area contributed by atoms with E-state index in [4.69, 9.17) is 0 Å². The molecule has 0 unspecified atom stereocenters. The maximum Gasteiger partial charge on any atom is 0.269 e. The molecule has 0 aromatic heterocycles. The molecule has 1 aliphatic rings. The minimum Gasteiger partial charge on any atom is -0.369 e. The summed E-state index contributed by atoms with van der Waals surface area (Å²) in [5.74, 6) is 0.0989. The number of benzene rings is 1. The SMILES string of the molecule is CCCCCC[C@H](C)NC(=O)CN1CCN(c2ccc([N+](=O)[O-])cc2)CC1. The molecule has 2 rings (SSSR count). The van der Waals surface area contributed by atoms with Gasteiger partial charge in [-0.05, 0) is 25.5 Å². The van der Waals surface area contributed by atoms with E-state index in [0.717, 1.165) is 38.3 Å². The Kier molecular flexibility index (Phi) is 8.51. The summed E-state index contributed by atoms with van der Waals surface area (Å²) < 4.78 is 0. The van der Waals surface area contributed by atoms with Crippen LogP contribution in [0.3, 0.4) is 0 Å². The molecular weight excluding hydrogens is 344 g/mol. The fourth-order valence-electron chi connectivity index (χ4n) is 3.42. The van der Waals surface area contributed by atoms with Crippen LogP contribution in [0.2, 0.25) is 0 Å². The third kappa shape index (κ3) is 7.17. The van der Waals surface area contributed by atoms with Crippen molar-refractivity contribution in [1.82, 2.24) is 10.2 Å². The van der Waals surface area contributed by atoms with Crippen LogP contribution in [0.1, 0.15) is 46.0 Å². The Morgan fingerprint density at radius 1 is 1.15 bits per heavy atom. The Hall–Kier alpha value is -2.15. The van der Waals surface area contributed by atoms with Gasteiger partial charge in [0, 0.05) is 50.0 Å². The number of unbranched alkanes of at least 4 members (excludes halogenated alkanes) is 3. The molecule has 1 amide bonds. The van der Waals surface area contributed by atoms with Crippen molar-refractivity contribution in [2.45, 2.75) is 52.0 Å². The van der Waals surface area contributed by atoms with Gasteiger partial charge in [-0.25, -0.2) is 0 Å². The smallest absolute Gasteiger partial charge is 0.269 e. The summed E-state index contributed by atoms with van der Waals surface area (Å²) in [6.45, 7) is 7.98. The Balaban J connectivity index is 1.69. The molecule has 27 heavy (non-hydrogen) atoms. The number of nitro groups is 1. The largest absolute Gasteiger partial charge is 0.369 e. The summed E-state index contributed by atoms with van der Waals surface area (Å²) in [5.41, 5.74) is 1.10. The van der Waals surface area contributed by atoms with Crippen LogP contribution in [0.25, 0.3) is 0 Å². The highest BCUT2D eigenvalue weighted by molar-refractivity contribution is 5.78. The Morgan fingerprint density at radius 2 is 1.81 bits per heavy atom. The first-order chi connectivity index (χ1) is 13.0. The molecule has 1 aromatic carbocycles. The van der Waals surface area contributed by atoms with Crippen molar-refractivity contribution >= 4 is 17.3 Å². The van der Waals surface area contributed by atoms with Crippen LogP contribution >= 0.6 is 0 Å². The van der Waals surface area contributed by atoms with Crippen LogP contribution in [-0.4, -0.2) is 54.5 Å². The van der Waals surface area contributed by atoms with Gasteiger partial charge in [0.15, 0.2) is 0 Å². The average molecular weight is 377 g/mol. The summed E-state index contributed by atoms with van der Waals surface area (Å²) in [7, 11) is 0. The standard InChI is InChI=1S/C20H32N4O3/c1-3-4-5-6-7-17(2)21-20(25)16-22-12-14-23(15-13-22)18-8-10-19(11-9-18)24(26)27/h8-11,17H,3-7,12-16H2,1-2H3,(H,21,25)/t17-/m0/s1. The molecule has 7 heteroatoms. The third-order valence-corrected chi connectivity index (χ3v) is 5.06. The van der Waals surface area contributed by atoms with Crippen LogP contribution in [0.15, 0.2) is 24.3 Å². The molecule has 0 radical (unpaired) electrons. The molecule has 1 saturated heterocycles. The van der Waals surface area contributed by atoms with Crippen LogP contribution in [0, 0.1) is 10.1 Å². The molecule has 0 bridgehead atoms. The van der Waals surface area contributed by atoms with Gasteiger partial charge in [-0.3, -0.25) is 19.8 Å². The number of amides is 1. The van der Waals surface area contributed by atoms with Crippen LogP contribution < -0.4 is 10.2 Å². The highest BCUT2D eigenvalue weighted by Gasteiger charge is 2.20. The average Bonchev–Trinajstić information content (AvgIpc) is 2.66. The molecular formula is C20H32N4O3. The van der Waals surface area contributed by atoms with E-state index in [1.807, 2.05) is 0 Å². The molecule has 1 atom stereocenters. The van der Waals surface area contributed by atoms with Gasteiger partial charge in [0.25, 0.3) is 5.69 Å². The van der Waals surface area contributed by atoms with Gasteiger partial charge >= 0.3 is 0 Å². The maximum atomic E-state index is 12.2. The number of carbonyl (C=O) groups excluding carboxylic acids is 1. The molecule has 0 aliphatic carbocycles. The Labute approximate surface area is 161 Å². The molecule has 1 N–H and O–H groups in total. The zero-order chi connectivity index (χ0) is 19.6. The van der Waals surface area contributed by atoms with E-state index in [0.29, 0.717) is 6.54 Å². The van der Waals surface area contributed by atoms with Gasteiger partial charge in [0.05, 0.1) is 11.5 Å². The van der Waals surface area contributed by atoms with Crippen molar-refractivity contribution in [2.24, 2.45) is 0 Å². The summed E-state index contributed by atoms with van der Waals surface area (Å²) in [6, 6.07) is 6.89. The van der Waals surface area contributed by atoms with Crippen molar-refractivity contribution < 1.29 is 9.72 Å². The van der Waals surface area contributed by atoms with Crippen molar-refractivity contribution in [2.75, 3.05) is 37.6 Å². The fourth-order valence-corrected chi connectivity index (χ4v) is 3.42. The molecule has 1 aliphatic heterocycles. The molecule has 7 nitrogen and oxygen atoms in total. The lowest BCUT2D eigenvalue weighted by Gasteiger charge is -2.35. The van der Waals surface area contributed by atoms with Gasteiger partial charge in [-0.1, -0.05) is 32.6 Å². The number of rotatable bonds is 10. The maximum absolute atomic E-state index is 12.2. The number of hydrogen-bond donors (Lipinski definition) is 1. The number of carbonyl (C=O) groups is 1. The van der Waals surface area contributed by atoms with Crippen molar-refractivity contribution in [3.63, 3.8) is 0 Å². The predicted octanol–water partition coefficient (Wildman–Crippen LogP) is 3.19. The Bertz CT molecular complexity index is 598. The van der Waals surface area contributed by atoms with Gasteiger partial charge in [0.1, 0.15) is 0 Å². The monoisotopic (exact) mass is 376 g/mol. The number of nitro benzene ring substituents is 1. The predicted molar refractivity (Wildman–Crippen MR) is 108 cm³/mol. The van der Waals surface area contributed by atoms with Crippen LogP contribution in [0.4, 0.5) is 11.4 Å². The van der Waals surface area contributed by atoms with Gasteiger partial charge in [0.2, 0.25) is 5.91 Å². The number of nitrogens with zero attached hydrogens (tertiary/aromatic N) is 3. The zero-order valence-electron chi connectivity index (χ0n) is 16.5. The van der Waals surface area contributed by atoms with Crippen LogP contribution in [0.5, 0.6) is 0 Å². The number of non-ortho nitro benzene ring substituents is 1. The first-order valence-electron chi connectivity index (χ1n) is 10.0. The summed E-state index contributed by atoms with van der Waals surface area (Å²) in [5, 5.41) is 13.9. The van der Waals surface area contributed by atoms with E-state index in [2.05, 4.69) is 29.0 Å². The van der Waals surface area contributed by atoms with Crippen molar-refractivity contribution in [3.05, 3.63) is 34.4 Å². The van der Waals surface area contributed by atoms with E-state index in [9.17, 15) is 14.9 Å². The van der Waals surface area contributed by atoms with Crippen molar-refractivity contribution in [3.8, 4) is 0 Å². The van der Waals surface area contributed by atoms with Crippen LogP contribution in [-0.2, 0) is 4.79 Å². The normalized spacial score (nSPS) is 16.1. The first kappa shape index (κ1) is 21.2. The van der Waals surface area contributed by atoms with E-state index in [1.165, 1.54) is 37.8 Å². The van der Waals surface area contributed by atoms with Crippen molar-refractivity contribution in [1.29, 1.82) is 0 Å². The van der Waals surface area contributed by atoms with Gasteiger partial charge in [-0.2, -0.15) is 0 Å². The lowest BCUT2D eigenvalue weighted by molar-refractivity contribution is -0.384. The highest BCUT2D eigenvalue weighted by atomic mass is 16.6. The number of anilines is 1. The number of nitrogens with one attached hydrogen (secondary N) is 1. The van der Waals surface area contributed by atoms with E-state index in [-0.39, 0.29) is 22.6 Å². The second-order valence-electron chi connectivity index (χ2n) is 7.35. The minimum atomic E-state index is -0.384. The number of hydrogen-bond acceptors (Lipinski definition) is 5. The minimum absolute atomic E-state index is 0.0989. The molecule has 0 spiro atoms. The fraction of sp³-hybridized carbons (Fsp3) is 0.650. The summed E-state index contributed by atoms with van der Waals surface area (Å²) in [6.07, 6.45) is 5.94. The first-order valence-corrected chi connectivity index (χ1v) is 10.0. The second kappa shape index (κ2) is 10.9.